The molecule has 0 unspecified atom stereocenters. The van der Waals surface area contributed by atoms with Crippen molar-refractivity contribution in [1.82, 2.24) is 9.88 Å². The van der Waals surface area contributed by atoms with Gasteiger partial charge in [0.25, 0.3) is 5.91 Å². The van der Waals surface area contributed by atoms with E-state index in [1.54, 1.807) is 33.5 Å². The molecule has 3 heterocycles. The van der Waals surface area contributed by atoms with Gasteiger partial charge in [0.15, 0.2) is 11.5 Å². The summed E-state index contributed by atoms with van der Waals surface area (Å²) >= 11 is 1.30. The highest BCUT2D eigenvalue weighted by atomic mass is 32.1. The lowest BCUT2D eigenvalue weighted by atomic mass is 9.98. The smallest absolute Gasteiger partial charge is 0.266 e. The molecule has 1 fully saturated rings. The summed E-state index contributed by atoms with van der Waals surface area (Å²) in [5.41, 5.74) is 11.4. The van der Waals surface area contributed by atoms with Crippen LogP contribution in [-0.4, -0.2) is 63.3 Å². The Morgan fingerprint density at radius 2 is 1.51 bits per heavy atom. The fourth-order valence-corrected chi connectivity index (χ4v) is 6.55. The first-order valence-electron chi connectivity index (χ1n) is 13.8. The van der Waals surface area contributed by atoms with Crippen molar-refractivity contribution in [2.45, 2.75) is 0 Å². The van der Waals surface area contributed by atoms with Gasteiger partial charge in [-0.15, -0.1) is 11.3 Å². The number of halogens is 1. The molecule has 5 aromatic rings. The van der Waals surface area contributed by atoms with E-state index in [2.05, 4.69) is 4.90 Å². The van der Waals surface area contributed by atoms with Gasteiger partial charge in [0.1, 0.15) is 15.5 Å². The SMILES string of the molecule is COc1cc(-c2cc(-c3ccccc3)nc3sc(C(=O)N4CCN(c5ccc(F)cc5)CC4)c(N)c23)cc(OC)c1OC. The zero-order valence-electron chi connectivity index (χ0n) is 24.1. The van der Waals surface area contributed by atoms with Crippen molar-refractivity contribution in [2.75, 3.05) is 58.1 Å². The number of benzene rings is 3. The third-order valence-corrected chi connectivity index (χ3v) is 8.78. The standard InChI is InChI=1S/C33H31FN4O4S/c1-40-26-17-21(18-27(41-2)30(26)42-3)24-19-25(20-7-5-4-6-8-20)36-32-28(24)29(35)31(43-32)33(39)38-15-13-37(14-16-38)23-11-9-22(34)10-12-23/h4-12,17-19H,13-16,35H2,1-3H3. The lowest BCUT2D eigenvalue weighted by Crippen LogP contribution is -2.48. The van der Waals surface area contributed by atoms with Crippen LogP contribution in [0.25, 0.3) is 32.6 Å². The number of nitrogens with zero attached hydrogens (tertiary/aromatic N) is 3. The second-order valence-corrected chi connectivity index (χ2v) is 11.1. The number of thiophene rings is 1. The number of piperazine rings is 1. The van der Waals surface area contributed by atoms with Crippen LogP contribution in [0.3, 0.4) is 0 Å². The summed E-state index contributed by atoms with van der Waals surface area (Å²) < 4.78 is 30.2. The Morgan fingerprint density at radius 3 is 2.12 bits per heavy atom. The Kier molecular flexibility index (Phi) is 7.77. The molecule has 2 aromatic heterocycles. The Bertz CT molecular complexity index is 1760. The molecule has 3 aromatic carbocycles. The first kappa shape index (κ1) is 28.3. The van der Waals surface area contributed by atoms with Crippen LogP contribution in [0, 0.1) is 5.82 Å². The Hall–Kier alpha value is -4.83. The molecule has 0 saturated carbocycles. The number of anilines is 2. The molecule has 6 rings (SSSR count). The van der Waals surface area contributed by atoms with E-state index in [1.807, 2.05) is 53.4 Å². The summed E-state index contributed by atoms with van der Waals surface area (Å²) in [6, 6.07) is 22.0. The molecule has 2 N–H and O–H groups in total. The van der Waals surface area contributed by atoms with Gasteiger partial charge in [-0.3, -0.25) is 4.79 Å². The maximum absolute atomic E-state index is 13.9. The summed E-state index contributed by atoms with van der Waals surface area (Å²) in [6.07, 6.45) is 0. The van der Waals surface area contributed by atoms with Crippen LogP contribution in [0.1, 0.15) is 9.67 Å². The van der Waals surface area contributed by atoms with Gasteiger partial charge < -0.3 is 29.7 Å². The number of methoxy groups -OCH3 is 3. The highest BCUT2D eigenvalue weighted by molar-refractivity contribution is 7.21. The van der Waals surface area contributed by atoms with Crippen molar-refractivity contribution >= 4 is 38.8 Å². The summed E-state index contributed by atoms with van der Waals surface area (Å²) in [7, 11) is 4.71. The Labute approximate surface area is 253 Å². The fourth-order valence-electron chi connectivity index (χ4n) is 5.46. The quantitative estimate of drug-likeness (QED) is 0.234. The van der Waals surface area contributed by atoms with E-state index in [9.17, 15) is 9.18 Å². The van der Waals surface area contributed by atoms with Crippen molar-refractivity contribution in [3.63, 3.8) is 0 Å². The molecule has 0 radical (unpaired) electrons. The number of carbonyl (C=O) groups excluding carboxylic acids is 1. The third kappa shape index (κ3) is 5.30. The molecule has 0 bridgehead atoms. The number of pyridine rings is 1. The number of carbonyl (C=O) groups is 1. The molecule has 8 nitrogen and oxygen atoms in total. The molecule has 0 atom stereocenters. The van der Waals surface area contributed by atoms with Crippen molar-refractivity contribution in [2.24, 2.45) is 0 Å². The number of nitrogen functional groups attached to an aromatic ring is 1. The number of amides is 1. The van der Waals surface area contributed by atoms with E-state index in [4.69, 9.17) is 24.9 Å². The van der Waals surface area contributed by atoms with E-state index >= 15 is 0 Å². The second-order valence-electron chi connectivity index (χ2n) is 10.1. The van der Waals surface area contributed by atoms with Gasteiger partial charge in [-0.05, 0) is 53.6 Å². The van der Waals surface area contributed by atoms with E-state index in [0.717, 1.165) is 28.1 Å². The third-order valence-electron chi connectivity index (χ3n) is 7.70. The van der Waals surface area contributed by atoms with Crippen LogP contribution >= 0.6 is 11.3 Å². The van der Waals surface area contributed by atoms with E-state index < -0.39 is 0 Å². The van der Waals surface area contributed by atoms with Crippen LogP contribution in [0.2, 0.25) is 0 Å². The van der Waals surface area contributed by atoms with Crippen LogP contribution in [0.15, 0.2) is 72.8 Å². The fraction of sp³-hybridized carbons (Fsp3) is 0.212. The van der Waals surface area contributed by atoms with Crippen LogP contribution < -0.4 is 24.8 Å². The maximum atomic E-state index is 13.9. The first-order valence-corrected chi connectivity index (χ1v) is 14.6. The summed E-state index contributed by atoms with van der Waals surface area (Å²) in [5, 5.41) is 0.701. The number of fused-ring (bicyclic) bond motifs is 1. The normalized spacial score (nSPS) is 13.3. The average Bonchev–Trinajstić information content (AvgIpc) is 3.40. The number of rotatable bonds is 7. The van der Waals surface area contributed by atoms with Crippen molar-refractivity contribution in [3.05, 3.63) is 83.5 Å². The zero-order valence-corrected chi connectivity index (χ0v) is 24.9. The van der Waals surface area contributed by atoms with Gasteiger partial charge in [-0.1, -0.05) is 30.3 Å². The average molecular weight is 599 g/mol. The molecule has 0 spiro atoms. The van der Waals surface area contributed by atoms with E-state index in [0.29, 0.717) is 64.2 Å². The maximum Gasteiger partial charge on any atom is 0.266 e. The van der Waals surface area contributed by atoms with Gasteiger partial charge in [0.05, 0.1) is 32.7 Å². The number of aromatic nitrogens is 1. The monoisotopic (exact) mass is 598 g/mol. The van der Waals surface area contributed by atoms with E-state index in [1.165, 1.54) is 23.5 Å². The van der Waals surface area contributed by atoms with Crippen molar-refractivity contribution < 1.29 is 23.4 Å². The largest absolute Gasteiger partial charge is 0.493 e. The van der Waals surface area contributed by atoms with Crippen LogP contribution in [-0.2, 0) is 0 Å². The number of nitrogens with two attached hydrogens (primary N) is 1. The van der Waals surface area contributed by atoms with Crippen LogP contribution in [0.5, 0.6) is 17.2 Å². The number of hydrogen-bond acceptors (Lipinski definition) is 8. The summed E-state index contributed by atoms with van der Waals surface area (Å²) in [6.45, 7) is 2.31. The van der Waals surface area contributed by atoms with Gasteiger partial charge in [-0.25, -0.2) is 9.37 Å². The van der Waals surface area contributed by atoms with Gasteiger partial charge >= 0.3 is 0 Å². The van der Waals surface area contributed by atoms with Crippen molar-refractivity contribution in [3.8, 4) is 39.6 Å². The highest BCUT2D eigenvalue weighted by Crippen LogP contribution is 2.46. The van der Waals surface area contributed by atoms with Gasteiger partial charge in [0.2, 0.25) is 5.75 Å². The minimum atomic E-state index is -0.271. The first-order chi connectivity index (χ1) is 20.9. The molecule has 43 heavy (non-hydrogen) atoms. The molecule has 0 aliphatic carbocycles. The minimum Gasteiger partial charge on any atom is -0.493 e. The summed E-state index contributed by atoms with van der Waals surface area (Å²) in [5.74, 6) is 1.10. The summed E-state index contributed by atoms with van der Waals surface area (Å²) in [4.78, 5) is 23.9. The van der Waals surface area contributed by atoms with Crippen molar-refractivity contribution in [1.29, 1.82) is 0 Å². The molecule has 220 valence electrons. The number of hydrogen-bond donors (Lipinski definition) is 1. The molecule has 1 aliphatic heterocycles. The minimum absolute atomic E-state index is 0.128. The lowest BCUT2D eigenvalue weighted by molar-refractivity contribution is 0.0752. The molecular weight excluding hydrogens is 567 g/mol. The molecule has 1 amide bonds. The lowest BCUT2D eigenvalue weighted by Gasteiger charge is -2.36. The molecule has 10 heteroatoms. The van der Waals surface area contributed by atoms with Gasteiger partial charge in [-0.2, -0.15) is 0 Å². The zero-order chi connectivity index (χ0) is 30.1. The Balaban J connectivity index is 1.41. The molecule has 1 saturated heterocycles. The van der Waals surface area contributed by atoms with Crippen LogP contribution in [0.4, 0.5) is 15.8 Å². The molecule has 1 aliphatic rings. The predicted octanol–water partition coefficient (Wildman–Crippen LogP) is 6.34. The van der Waals surface area contributed by atoms with Gasteiger partial charge in [0, 0.05) is 42.8 Å². The second kappa shape index (κ2) is 11.8. The Morgan fingerprint density at radius 1 is 0.860 bits per heavy atom. The van der Waals surface area contributed by atoms with E-state index in [-0.39, 0.29) is 11.7 Å². The predicted molar refractivity (Wildman–Crippen MR) is 169 cm³/mol. The topological polar surface area (TPSA) is 90.2 Å². The number of ether oxygens (including phenoxy) is 3. The highest BCUT2D eigenvalue weighted by Gasteiger charge is 2.28. The molecular formula is C33H31FN4O4S.